The summed E-state index contributed by atoms with van der Waals surface area (Å²) in [7, 11) is 0. The molecule has 2 aromatic carbocycles. The first-order valence-corrected chi connectivity index (χ1v) is 9.22. The van der Waals surface area contributed by atoms with Crippen molar-refractivity contribution < 1.29 is 0 Å². The third-order valence-corrected chi connectivity index (χ3v) is 4.22. The molecule has 0 heterocycles. The van der Waals surface area contributed by atoms with Gasteiger partial charge in [-0.05, 0) is 0 Å². The van der Waals surface area contributed by atoms with Crippen molar-refractivity contribution >= 4 is 23.1 Å². The molecule has 0 unspecified atom stereocenters. The van der Waals surface area contributed by atoms with E-state index in [9.17, 15) is 0 Å². The van der Waals surface area contributed by atoms with Crippen molar-refractivity contribution in [1.29, 1.82) is 0 Å². The summed E-state index contributed by atoms with van der Waals surface area (Å²) in [5.74, 6) is 0. The largest absolute Gasteiger partial charge is 2.00 e. The normalized spacial score (nSPS) is 9.91. The minimum absolute atomic E-state index is 0. The summed E-state index contributed by atoms with van der Waals surface area (Å²) in [6.07, 6.45) is 10.1. The Kier molecular flexibility index (Phi) is 13.5. The van der Waals surface area contributed by atoms with E-state index in [1.54, 1.807) is 0 Å². The minimum Gasteiger partial charge on any atom is -0.210 e. The molecule has 0 amide bonds. The molecule has 0 N–H and O–H groups in total. The summed E-state index contributed by atoms with van der Waals surface area (Å²) < 4.78 is 0. The predicted octanol–water partition coefficient (Wildman–Crippen LogP) is 6.24. The molecule has 0 spiro atoms. The molecular weight excluding hydrogens is 289 g/mol. The van der Waals surface area contributed by atoms with E-state index in [1.165, 1.54) is 73.6 Å². The second-order valence-corrected chi connectivity index (χ2v) is 6.17. The smallest absolute Gasteiger partial charge is 0.210 e. The molecule has 23 heavy (non-hydrogen) atoms. The Morgan fingerprint density at radius 3 is 1.35 bits per heavy atom. The summed E-state index contributed by atoms with van der Waals surface area (Å²) in [6.45, 7) is 8.89. The third kappa shape index (κ3) is 9.37. The van der Waals surface area contributed by atoms with Gasteiger partial charge in [0, 0.05) is 0 Å². The predicted molar refractivity (Wildman–Crippen MR) is 106 cm³/mol. The third-order valence-electron chi connectivity index (χ3n) is 4.22. The zero-order valence-corrected chi connectivity index (χ0v) is 17.2. The van der Waals surface area contributed by atoms with E-state index in [4.69, 9.17) is 0 Å². The first kappa shape index (κ1) is 22.5. The van der Waals surface area contributed by atoms with Gasteiger partial charge in [0.25, 0.3) is 0 Å². The molecule has 0 bridgehead atoms. The molecule has 0 aliphatic rings. The van der Waals surface area contributed by atoms with Gasteiger partial charge in [0.15, 0.2) is 0 Å². The molecular formula is C22H34Mg. The summed E-state index contributed by atoms with van der Waals surface area (Å²) in [6, 6.07) is 13.7. The van der Waals surface area contributed by atoms with Crippen molar-refractivity contribution in [2.45, 2.75) is 79.1 Å². The Bertz CT molecular complexity index is 443. The monoisotopic (exact) mass is 322 g/mol. The van der Waals surface area contributed by atoms with E-state index in [2.05, 4.69) is 64.1 Å². The summed E-state index contributed by atoms with van der Waals surface area (Å²) in [5.41, 5.74) is 6.00. The van der Waals surface area contributed by atoms with Crippen LogP contribution in [0.4, 0.5) is 0 Å². The molecule has 2 aromatic rings. The fourth-order valence-corrected chi connectivity index (χ4v) is 2.61. The second-order valence-electron chi connectivity index (χ2n) is 6.17. The Labute approximate surface area is 160 Å². The Hall–Kier alpha value is -0.534. The van der Waals surface area contributed by atoms with Crippen LogP contribution < -0.4 is 0 Å². The fourth-order valence-electron chi connectivity index (χ4n) is 2.61. The molecule has 0 radical (unpaired) electrons. The molecule has 0 saturated carbocycles. The van der Waals surface area contributed by atoms with E-state index < -0.39 is 0 Å². The van der Waals surface area contributed by atoms with Crippen LogP contribution in [-0.2, 0) is 25.7 Å². The van der Waals surface area contributed by atoms with Gasteiger partial charge in [-0.25, -0.2) is 12.1 Å². The molecule has 124 valence electrons. The van der Waals surface area contributed by atoms with Crippen molar-refractivity contribution in [3.05, 3.63) is 58.7 Å². The van der Waals surface area contributed by atoms with Crippen LogP contribution in [0.3, 0.4) is 0 Å². The molecule has 0 aliphatic heterocycles. The molecule has 0 aliphatic carbocycles. The Morgan fingerprint density at radius 2 is 1.09 bits per heavy atom. The van der Waals surface area contributed by atoms with Gasteiger partial charge < -0.3 is 0 Å². The van der Waals surface area contributed by atoms with Gasteiger partial charge >= 0.3 is 23.1 Å². The second kappa shape index (κ2) is 13.9. The molecule has 0 saturated heterocycles. The maximum absolute atomic E-state index is 2.33. The van der Waals surface area contributed by atoms with Crippen molar-refractivity contribution in [2.24, 2.45) is 0 Å². The van der Waals surface area contributed by atoms with Crippen molar-refractivity contribution in [1.82, 2.24) is 0 Å². The number of aryl methyl sites for hydroxylation is 4. The van der Waals surface area contributed by atoms with Crippen molar-refractivity contribution in [2.75, 3.05) is 0 Å². The van der Waals surface area contributed by atoms with Gasteiger partial charge in [-0.1, -0.05) is 79.1 Å². The van der Waals surface area contributed by atoms with Gasteiger partial charge in [0.2, 0.25) is 0 Å². The van der Waals surface area contributed by atoms with E-state index in [0.717, 1.165) is 0 Å². The van der Waals surface area contributed by atoms with Crippen LogP contribution in [-0.4, -0.2) is 23.1 Å². The van der Waals surface area contributed by atoms with Gasteiger partial charge in [-0.3, -0.25) is 0 Å². The van der Waals surface area contributed by atoms with Crippen LogP contribution in [0.15, 0.2) is 36.4 Å². The zero-order chi connectivity index (χ0) is 16.2. The van der Waals surface area contributed by atoms with Crippen LogP contribution in [0.2, 0.25) is 0 Å². The van der Waals surface area contributed by atoms with Crippen molar-refractivity contribution in [3.8, 4) is 0 Å². The van der Waals surface area contributed by atoms with E-state index >= 15 is 0 Å². The molecule has 0 aromatic heterocycles. The number of hydrogen-bond acceptors (Lipinski definition) is 0. The minimum atomic E-state index is 0. The average molecular weight is 323 g/mol. The summed E-state index contributed by atoms with van der Waals surface area (Å²) in [4.78, 5) is 0. The average Bonchev–Trinajstić information content (AvgIpc) is 3.20. The van der Waals surface area contributed by atoms with E-state index in [1.807, 2.05) is 0 Å². The standard InChI is InChI=1S/2C11H17.Mg/c2*1-3-5-6-11-8-7-10(4-2)9-11;/h2*7-9H,3-6H2,1-2H3;/q2*-1;+2. The SMILES string of the molecule is CCCCc1cc[c-](CC)c1.CCCCc1cc[c-](CC)c1.[Mg+2]. The first-order valence-electron chi connectivity index (χ1n) is 9.22. The summed E-state index contributed by atoms with van der Waals surface area (Å²) >= 11 is 0. The number of unbranched alkanes of at least 4 members (excludes halogenated alkanes) is 2. The zero-order valence-electron chi connectivity index (χ0n) is 15.8. The molecule has 0 fully saturated rings. The van der Waals surface area contributed by atoms with Crippen LogP contribution in [0.25, 0.3) is 0 Å². The van der Waals surface area contributed by atoms with Crippen molar-refractivity contribution in [3.63, 3.8) is 0 Å². The topological polar surface area (TPSA) is 0 Å². The Morgan fingerprint density at radius 1 is 0.696 bits per heavy atom. The van der Waals surface area contributed by atoms with Crippen LogP contribution >= 0.6 is 0 Å². The first-order chi connectivity index (χ1) is 10.7. The van der Waals surface area contributed by atoms with Crippen LogP contribution in [0.1, 0.15) is 75.6 Å². The molecule has 0 nitrogen and oxygen atoms in total. The quantitative estimate of drug-likeness (QED) is 0.398. The fraction of sp³-hybridized carbons (Fsp3) is 0.545. The molecule has 0 atom stereocenters. The van der Waals surface area contributed by atoms with Crippen LogP contribution in [0, 0.1) is 0 Å². The van der Waals surface area contributed by atoms with Gasteiger partial charge in [0.1, 0.15) is 0 Å². The van der Waals surface area contributed by atoms with Gasteiger partial charge in [-0.15, -0.1) is 0 Å². The van der Waals surface area contributed by atoms with Gasteiger partial charge in [0.05, 0.1) is 0 Å². The number of hydrogen-bond donors (Lipinski definition) is 0. The van der Waals surface area contributed by atoms with Crippen LogP contribution in [0.5, 0.6) is 0 Å². The number of rotatable bonds is 8. The Balaban J connectivity index is 0.000000403. The molecule has 1 heteroatoms. The van der Waals surface area contributed by atoms with Gasteiger partial charge in [-0.2, -0.15) is 46.5 Å². The maximum Gasteiger partial charge on any atom is 2.00 e. The summed E-state index contributed by atoms with van der Waals surface area (Å²) in [5, 5.41) is 0. The maximum atomic E-state index is 2.33. The molecule has 2 rings (SSSR count). The van der Waals surface area contributed by atoms with E-state index in [0.29, 0.717) is 0 Å². The van der Waals surface area contributed by atoms with E-state index in [-0.39, 0.29) is 23.1 Å².